The fourth-order valence-corrected chi connectivity index (χ4v) is 4.44. The van der Waals surface area contributed by atoms with Crippen LogP contribution in [0.15, 0.2) is 24.3 Å². The zero-order valence-electron chi connectivity index (χ0n) is 17.5. The first-order chi connectivity index (χ1) is 13.2. The van der Waals surface area contributed by atoms with Crippen molar-refractivity contribution in [2.24, 2.45) is 0 Å². The maximum atomic E-state index is 5.90. The van der Waals surface area contributed by atoms with Gasteiger partial charge < -0.3 is 9.47 Å². The number of aromatic nitrogens is 3. The van der Waals surface area contributed by atoms with Crippen LogP contribution in [0.2, 0.25) is 25.7 Å². The normalized spacial score (nSPS) is 12.0. The van der Waals surface area contributed by atoms with Crippen molar-refractivity contribution in [1.82, 2.24) is 14.8 Å². The van der Waals surface area contributed by atoms with Gasteiger partial charge in [-0.15, -0.1) is 0 Å². The van der Waals surface area contributed by atoms with Gasteiger partial charge in [0.1, 0.15) is 27.4 Å². The van der Waals surface area contributed by atoms with Crippen molar-refractivity contribution in [3.63, 3.8) is 0 Å². The Labute approximate surface area is 181 Å². The van der Waals surface area contributed by atoms with Crippen LogP contribution in [-0.4, -0.2) is 36.6 Å². The van der Waals surface area contributed by atoms with Gasteiger partial charge >= 0.3 is 0 Å². The van der Waals surface area contributed by atoms with Crippen molar-refractivity contribution in [3.8, 4) is 17.0 Å². The van der Waals surface area contributed by atoms with Gasteiger partial charge in [0, 0.05) is 26.3 Å². The van der Waals surface area contributed by atoms with Gasteiger partial charge in [-0.2, -0.15) is 5.10 Å². The smallest absolute Gasteiger partial charge is 0.149 e. The van der Waals surface area contributed by atoms with Gasteiger partial charge in [0.05, 0.1) is 12.6 Å². The van der Waals surface area contributed by atoms with Gasteiger partial charge in [-0.05, 0) is 53.6 Å². The predicted octanol–water partition coefficient (Wildman–Crippen LogP) is 5.64. The summed E-state index contributed by atoms with van der Waals surface area (Å²) in [6.45, 7) is 12.5. The zero-order valence-corrected chi connectivity index (χ0v) is 20.6. The third-order valence-electron chi connectivity index (χ3n) is 4.94. The molecule has 0 atom stereocenters. The van der Waals surface area contributed by atoms with Crippen LogP contribution in [0.5, 0.6) is 5.75 Å². The molecule has 2 aromatic heterocycles. The molecule has 0 radical (unpaired) electrons. The van der Waals surface area contributed by atoms with Gasteiger partial charge in [0.25, 0.3) is 0 Å². The summed E-state index contributed by atoms with van der Waals surface area (Å²) in [6, 6.07) is 9.43. The maximum Gasteiger partial charge on any atom is 0.149 e. The number of hydrogen-bond acceptors (Lipinski definition) is 4. The molecule has 7 heteroatoms. The first-order valence-corrected chi connectivity index (χ1v) is 14.3. The minimum Gasteiger partial charge on any atom is -0.494 e. The summed E-state index contributed by atoms with van der Waals surface area (Å²) in [7, 11) is 0.586. The average molecular weight is 509 g/mol. The molecule has 0 saturated heterocycles. The van der Waals surface area contributed by atoms with E-state index in [9.17, 15) is 0 Å². The molecule has 2 heterocycles. The Bertz CT molecular complexity index is 995. The largest absolute Gasteiger partial charge is 0.494 e. The Balaban J connectivity index is 1.97. The molecule has 0 unspecified atom stereocenters. The predicted molar refractivity (Wildman–Crippen MR) is 126 cm³/mol. The Morgan fingerprint density at radius 3 is 2.61 bits per heavy atom. The number of fused-ring (bicyclic) bond motifs is 1. The quantitative estimate of drug-likeness (QED) is 0.235. The van der Waals surface area contributed by atoms with E-state index in [0.29, 0.717) is 6.73 Å². The SMILES string of the molecule is COc1cc2c(nc1-c1cccc(C)c1C)c(I)nn2COCC[Si](C)(C)C. The molecule has 28 heavy (non-hydrogen) atoms. The average Bonchev–Trinajstić information content (AvgIpc) is 2.94. The lowest BCUT2D eigenvalue weighted by molar-refractivity contribution is 0.0814. The Morgan fingerprint density at radius 2 is 1.93 bits per heavy atom. The first-order valence-electron chi connectivity index (χ1n) is 9.46. The summed E-state index contributed by atoms with van der Waals surface area (Å²) in [5, 5.41) is 4.65. The van der Waals surface area contributed by atoms with E-state index in [2.05, 4.69) is 79.4 Å². The monoisotopic (exact) mass is 509 g/mol. The number of benzene rings is 1. The lowest BCUT2D eigenvalue weighted by atomic mass is 10.00. The second-order valence-electron chi connectivity index (χ2n) is 8.29. The molecular formula is C21H28IN3O2Si. The summed E-state index contributed by atoms with van der Waals surface area (Å²) in [4.78, 5) is 4.94. The highest BCUT2D eigenvalue weighted by atomic mass is 127. The van der Waals surface area contributed by atoms with Crippen molar-refractivity contribution in [3.05, 3.63) is 39.1 Å². The van der Waals surface area contributed by atoms with E-state index in [1.165, 1.54) is 11.1 Å². The number of halogens is 1. The van der Waals surface area contributed by atoms with Gasteiger partial charge in [0.2, 0.25) is 0 Å². The second-order valence-corrected chi connectivity index (χ2v) is 14.9. The van der Waals surface area contributed by atoms with E-state index in [1.807, 2.05) is 10.7 Å². The van der Waals surface area contributed by atoms with Crippen LogP contribution >= 0.6 is 22.6 Å². The molecule has 0 aliphatic carbocycles. The summed E-state index contributed by atoms with van der Waals surface area (Å²) in [6.07, 6.45) is 0. The number of nitrogens with zero attached hydrogens (tertiary/aromatic N) is 3. The highest BCUT2D eigenvalue weighted by Gasteiger charge is 2.18. The molecule has 0 N–H and O–H groups in total. The molecule has 5 nitrogen and oxygen atoms in total. The van der Waals surface area contributed by atoms with Crippen LogP contribution in [0.1, 0.15) is 11.1 Å². The third kappa shape index (κ3) is 4.57. The highest BCUT2D eigenvalue weighted by molar-refractivity contribution is 14.1. The lowest BCUT2D eigenvalue weighted by Crippen LogP contribution is -2.22. The lowest BCUT2D eigenvalue weighted by Gasteiger charge is -2.15. The number of hydrogen-bond donors (Lipinski definition) is 0. The van der Waals surface area contributed by atoms with Crippen LogP contribution in [0.3, 0.4) is 0 Å². The van der Waals surface area contributed by atoms with E-state index in [0.717, 1.165) is 44.4 Å². The molecule has 0 spiro atoms. The fraction of sp³-hybridized carbons (Fsp3) is 0.429. The topological polar surface area (TPSA) is 49.2 Å². The molecule has 150 valence electrons. The molecule has 0 fully saturated rings. The van der Waals surface area contributed by atoms with Gasteiger partial charge in [-0.25, -0.2) is 9.67 Å². The fourth-order valence-electron chi connectivity index (χ4n) is 3.02. The minimum atomic E-state index is -1.10. The van der Waals surface area contributed by atoms with Crippen molar-refractivity contribution in [1.29, 1.82) is 0 Å². The van der Waals surface area contributed by atoms with Crippen molar-refractivity contribution < 1.29 is 9.47 Å². The summed E-state index contributed by atoms with van der Waals surface area (Å²) in [5.41, 5.74) is 6.21. The maximum absolute atomic E-state index is 5.90. The standard InChI is InChI=1S/C21H28IN3O2Si/c1-14-8-7-9-16(15(14)2)19-18(26-3)12-17-20(23-19)21(22)24-25(17)13-27-10-11-28(4,5)6/h7-9,12H,10-11,13H2,1-6H3. The summed E-state index contributed by atoms with van der Waals surface area (Å²) >= 11 is 2.24. The molecule has 0 saturated carbocycles. The minimum absolute atomic E-state index is 0.428. The molecular weight excluding hydrogens is 481 g/mol. The van der Waals surface area contributed by atoms with Gasteiger partial charge in [-0.3, -0.25) is 0 Å². The molecule has 1 aromatic carbocycles. The zero-order chi connectivity index (χ0) is 20.5. The van der Waals surface area contributed by atoms with Crippen LogP contribution in [0, 0.1) is 17.5 Å². The number of ether oxygens (including phenoxy) is 2. The van der Waals surface area contributed by atoms with Crippen LogP contribution in [0.25, 0.3) is 22.3 Å². The van der Waals surface area contributed by atoms with E-state index in [-0.39, 0.29) is 0 Å². The van der Waals surface area contributed by atoms with E-state index >= 15 is 0 Å². The van der Waals surface area contributed by atoms with Gasteiger partial charge in [-0.1, -0.05) is 37.8 Å². The third-order valence-corrected chi connectivity index (χ3v) is 7.37. The Morgan fingerprint density at radius 1 is 1.18 bits per heavy atom. The molecule has 0 aliphatic heterocycles. The molecule has 3 rings (SSSR count). The van der Waals surface area contributed by atoms with Gasteiger partial charge in [0.15, 0.2) is 0 Å². The highest BCUT2D eigenvalue weighted by Crippen LogP contribution is 2.35. The van der Waals surface area contributed by atoms with Crippen molar-refractivity contribution >= 4 is 41.7 Å². The molecule has 3 aromatic rings. The Hall–Kier alpha value is -1.45. The number of aryl methyl sites for hydroxylation is 1. The van der Waals surface area contributed by atoms with Crippen LogP contribution < -0.4 is 4.74 Å². The Kier molecular flexibility index (Phi) is 6.46. The number of rotatable bonds is 7. The van der Waals surface area contributed by atoms with E-state index in [4.69, 9.17) is 14.5 Å². The molecule has 0 aliphatic rings. The number of pyridine rings is 1. The summed E-state index contributed by atoms with van der Waals surface area (Å²) < 4.78 is 14.3. The number of methoxy groups -OCH3 is 1. The molecule has 0 amide bonds. The van der Waals surface area contributed by atoms with Crippen LogP contribution in [-0.2, 0) is 11.5 Å². The van der Waals surface area contributed by atoms with Crippen molar-refractivity contribution in [2.45, 2.75) is 46.3 Å². The van der Waals surface area contributed by atoms with E-state index in [1.54, 1.807) is 7.11 Å². The van der Waals surface area contributed by atoms with E-state index < -0.39 is 8.07 Å². The summed E-state index contributed by atoms with van der Waals surface area (Å²) in [5.74, 6) is 0.751. The second kappa shape index (κ2) is 8.50. The molecule has 0 bridgehead atoms. The first kappa shape index (κ1) is 21.3. The van der Waals surface area contributed by atoms with Crippen molar-refractivity contribution in [2.75, 3.05) is 13.7 Å². The van der Waals surface area contributed by atoms with Crippen LogP contribution in [0.4, 0.5) is 0 Å².